The average molecular weight is 323 g/mol. The van der Waals surface area contributed by atoms with Crippen LogP contribution >= 0.6 is 0 Å². The number of nitriles is 1. The van der Waals surface area contributed by atoms with Crippen molar-refractivity contribution < 1.29 is 9.32 Å². The molecule has 3 rings (SSSR count). The molecular weight excluding hydrogens is 302 g/mol. The largest absolute Gasteiger partial charge is 0.360 e. The van der Waals surface area contributed by atoms with Gasteiger partial charge in [-0.15, -0.1) is 0 Å². The molecule has 0 spiro atoms. The molecule has 0 saturated carbocycles. The van der Waals surface area contributed by atoms with E-state index in [0.29, 0.717) is 23.6 Å². The van der Waals surface area contributed by atoms with Crippen molar-refractivity contribution in [2.24, 2.45) is 0 Å². The summed E-state index contributed by atoms with van der Waals surface area (Å²) < 4.78 is 5.06. The molecule has 0 atom stereocenters. The van der Waals surface area contributed by atoms with Gasteiger partial charge in [0.15, 0.2) is 5.76 Å². The maximum Gasteiger partial charge on any atom is 0.229 e. The molecule has 24 heavy (non-hydrogen) atoms. The van der Waals surface area contributed by atoms with E-state index in [4.69, 9.17) is 4.52 Å². The van der Waals surface area contributed by atoms with Crippen molar-refractivity contribution in [1.82, 2.24) is 10.1 Å². The van der Waals surface area contributed by atoms with E-state index < -0.39 is 0 Å². The van der Waals surface area contributed by atoms with E-state index in [9.17, 15) is 10.1 Å². The van der Waals surface area contributed by atoms with Gasteiger partial charge in [-0.2, -0.15) is 5.26 Å². The molecule has 124 valence electrons. The summed E-state index contributed by atoms with van der Waals surface area (Å²) >= 11 is 0. The number of hydrogen-bond donors (Lipinski definition) is 0. The van der Waals surface area contributed by atoms with Crippen molar-refractivity contribution >= 4 is 5.91 Å². The minimum absolute atomic E-state index is 0.0306. The van der Waals surface area contributed by atoms with Crippen LogP contribution in [0.15, 0.2) is 22.7 Å². The number of nitrogens with zero attached hydrogens (tertiary/aromatic N) is 3. The first-order valence-corrected chi connectivity index (χ1v) is 8.06. The maximum absolute atomic E-state index is 12.9. The molecule has 0 aliphatic carbocycles. The molecule has 5 heteroatoms. The van der Waals surface area contributed by atoms with Gasteiger partial charge in [-0.25, -0.2) is 0 Å². The zero-order chi connectivity index (χ0) is 17.5. The number of carbonyl (C=O) groups excluding carboxylic acids is 1. The highest BCUT2D eigenvalue weighted by molar-refractivity contribution is 5.80. The van der Waals surface area contributed by atoms with Crippen molar-refractivity contribution in [3.8, 4) is 6.07 Å². The molecule has 5 nitrogen and oxygen atoms in total. The Morgan fingerprint density at radius 3 is 2.88 bits per heavy atom. The minimum atomic E-state index is -0.276. The molecule has 1 amide bonds. The molecule has 0 saturated heterocycles. The zero-order valence-corrected chi connectivity index (χ0v) is 14.5. The number of aromatic nitrogens is 1. The summed E-state index contributed by atoms with van der Waals surface area (Å²) in [5, 5.41) is 13.1. The lowest BCUT2D eigenvalue weighted by molar-refractivity contribution is -0.137. The molecular formula is C19H21N3O2. The SMILES string of the molecule is Cc1cccc2c1CC(C)(C)N(C(=O)Cc1noc(C)c1C#N)C2. The lowest BCUT2D eigenvalue weighted by Crippen LogP contribution is -2.52. The van der Waals surface area contributed by atoms with Gasteiger partial charge in [0.2, 0.25) is 5.91 Å². The van der Waals surface area contributed by atoms with E-state index in [2.05, 4.69) is 44.1 Å². The van der Waals surface area contributed by atoms with Crippen LogP contribution in [-0.2, 0) is 24.2 Å². The Bertz CT molecular complexity index is 843. The lowest BCUT2D eigenvalue weighted by Gasteiger charge is -2.44. The molecule has 2 aromatic rings. The quantitative estimate of drug-likeness (QED) is 0.851. The van der Waals surface area contributed by atoms with Gasteiger partial charge in [0.25, 0.3) is 0 Å². The Morgan fingerprint density at radius 2 is 2.17 bits per heavy atom. The maximum atomic E-state index is 12.9. The Balaban J connectivity index is 1.88. The van der Waals surface area contributed by atoms with Crippen molar-refractivity contribution in [1.29, 1.82) is 5.26 Å². The summed E-state index contributed by atoms with van der Waals surface area (Å²) in [6.07, 6.45) is 0.911. The van der Waals surface area contributed by atoms with E-state index >= 15 is 0 Å². The van der Waals surface area contributed by atoms with Crippen LogP contribution in [0.4, 0.5) is 0 Å². The fraction of sp³-hybridized carbons (Fsp3) is 0.421. The summed E-state index contributed by atoms with van der Waals surface area (Å²) in [5.74, 6) is 0.427. The highest BCUT2D eigenvalue weighted by Gasteiger charge is 2.36. The predicted octanol–water partition coefficient (Wildman–Crippen LogP) is 3.07. The molecule has 0 N–H and O–H groups in total. The Labute approximate surface area is 141 Å². The number of benzene rings is 1. The van der Waals surface area contributed by atoms with E-state index in [0.717, 1.165) is 6.42 Å². The second-order valence-electron chi connectivity index (χ2n) is 7.03. The summed E-state index contributed by atoms with van der Waals surface area (Å²) in [6.45, 7) is 8.55. The van der Waals surface area contributed by atoms with Gasteiger partial charge in [-0.3, -0.25) is 4.79 Å². The van der Waals surface area contributed by atoms with Gasteiger partial charge in [0.05, 0.1) is 6.42 Å². The second-order valence-corrected chi connectivity index (χ2v) is 7.03. The van der Waals surface area contributed by atoms with Crippen molar-refractivity contribution in [3.05, 3.63) is 51.9 Å². The first-order chi connectivity index (χ1) is 11.3. The minimum Gasteiger partial charge on any atom is -0.360 e. The third-order valence-corrected chi connectivity index (χ3v) is 4.84. The normalized spacial score (nSPS) is 15.7. The van der Waals surface area contributed by atoms with Crippen LogP contribution in [-0.4, -0.2) is 21.5 Å². The van der Waals surface area contributed by atoms with Crippen LogP contribution in [0.1, 0.15) is 47.6 Å². The molecule has 2 heterocycles. The number of aryl methyl sites for hydroxylation is 2. The first kappa shape index (κ1) is 16.3. The number of rotatable bonds is 2. The Hall–Kier alpha value is -2.61. The van der Waals surface area contributed by atoms with Gasteiger partial charge in [-0.05, 0) is 50.8 Å². The van der Waals surface area contributed by atoms with Crippen LogP contribution in [0.2, 0.25) is 0 Å². The summed E-state index contributed by atoms with van der Waals surface area (Å²) in [4.78, 5) is 14.8. The number of amides is 1. The smallest absolute Gasteiger partial charge is 0.229 e. The highest BCUT2D eigenvalue weighted by Crippen LogP contribution is 2.33. The van der Waals surface area contributed by atoms with E-state index in [-0.39, 0.29) is 17.9 Å². The molecule has 1 aliphatic heterocycles. The fourth-order valence-electron chi connectivity index (χ4n) is 3.42. The summed E-state index contributed by atoms with van der Waals surface area (Å²) in [6, 6.07) is 8.30. The van der Waals surface area contributed by atoms with E-state index in [1.54, 1.807) is 6.92 Å². The van der Waals surface area contributed by atoms with E-state index in [1.807, 2.05) is 11.0 Å². The number of hydrogen-bond acceptors (Lipinski definition) is 4. The molecule has 1 aliphatic rings. The monoisotopic (exact) mass is 323 g/mol. The molecule has 1 aromatic carbocycles. The van der Waals surface area contributed by atoms with Crippen LogP contribution in [0.5, 0.6) is 0 Å². The zero-order valence-electron chi connectivity index (χ0n) is 14.5. The average Bonchev–Trinajstić information content (AvgIpc) is 2.86. The third kappa shape index (κ3) is 2.69. The number of fused-ring (bicyclic) bond motifs is 1. The van der Waals surface area contributed by atoms with Gasteiger partial charge >= 0.3 is 0 Å². The van der Waals surface area contributed by atoms with Gasteiger partial charge in [0.1, 0.15) is 17.3 Å². The summed E-state index contributed by atoms with van der Waals surface area (Å²) in [5.41, 5.74) is 4.31. The Kier molecular flexibility index (Phi) is 3.92. The first-order valence-electron chi connectivity index (χ1n) is 8.06. The Morgan fingerprint density at radius 1 is 1.42 bits per heavy atom. The second kappa shape index (κ2) is 5.79. The van der Waals surface area contributed by atoms with E-state index in [1.165, 1.54) is 16.7 Å². The van der Waals surface area contributed by atoms with Gasteiger partial charge in [0, 0.05) is 12.1 Å². The standard InChI is InChI=1S/C19H21N3O2/c1-12-6-5-7-14-11-22(19(3,4)9-15(12)14)18(23)8-17-16(10-20)13(2)24-21-17/h5-7H,8-9,11H2,1-4H3. The summed E-state index contributed by atoms with van der Waals surface area (Å²) in [7, 11) is 0. The van der Waals surface area contributed by atoms with Crippen LogP contribution in [0.3, 0.4) is 0 Å². The molecule has 0 unspecified atom stereocenters. The fourth-order valence-corrected chi connectivity index (χ4v) is 3.42. The molecule has 1 aromatic heterocycles. The van der Waals surface area contributed by atoms with Crippen molar-refractivity contribution in [3.63, 3.8) is 0 Å². The molecule has 0 fully saturated rings. The molecule has 0 bridgehead atoms. The van der Waals surface area contributed by atoms with Crippen LogP contribution in [0.25, 0.3) is 0 Å². The van der Waals surface area contributed by atoms with Crippen LogP contribution < -0.4 is 0 Å². The van der Waals surface area contributed by atoms with Gasteiger partial charge in [-0.1, -0.05) is 23.4 Å². The lowest BCUT2D eigenvalue weighted by atomic mass is 9.83. The van der Waals surface area contributed by atoms with Gasteiger partial charge < -0.3 is 9.42 Å². The topological polar surface area (TPSA) is 70.1 Å². The highest BCUT2D eigenvalue weighted by atomic mass is 16.5. The van der Waals surface area contributed by atoms with Crippen molar-refractivity contribution in [2.75, 3.05) is 0 Å². The van der Waals surface area contributed by atoms with Crippen molar-refractivity contribution in [2.45, 2.75) is 52.6 Å². The predicted molar refractivity (Wildman–Crippen MR) is 89.2 cm³/mol. The molecule has 0 radical (unpaired) electrons. The van der Waals surface area contributed by atoms with Crippen LogP contribution in [0, 0.1) is 25.2 Å². The number of carbonyl (C=O) groups is 1. The third-order valence-electron chi connectivity index (χ3n) is 4.84.